The van der Waals surface area contributed by atoms with Gasteiger partial charge in [-0.25, -0.2) is 13.2 Å². The van der Waals surface area contributed by atoms with Gasteiger partial charge < -0.3 is 5.11 Å². The van der Waals surface area contributed by atoms with E-state index in [1.165, 1.54) is 12.4 Å². The number of hydrogen-bond donors (Lipinski definition) is 1. The Morgan fingerprint density at radius 2 is 1.79 bits per heavy atom. The van der Waals surface area contributed by atoms with E-state index < -0.39 is 16.0 Å². The molecule has 1 saturated carbocycles. The van der Waals surface area contributed by atoms with Gasteiger partial charge in [-0.15, -0.1) is 0 Å². The predicted molar refractivity (Wildman–Crippen MR) is 89.5 cm³/mol. The molecule has 24 heavy (non-hydrogen) atoms. The molecule has 0 saturated heterocycles. The second-order valence-corrected chi connectivity index (χ2v) is 8.00. The molecular formula is C17H14N2O4S. The summed E-state index contributed by atoms with van der Waals surface area (Å²) in [7, 11) is -3.37. The van der Waals surface area contributed by atoms with Gasteiger partial charge in [-0.1, -0.05) is 18.2 Å². The number of aromatic carboxylic acids is 1. The van der Waals surface area contributed by atoms with Gasteiger partial charge in [0.05, 0.1) is 23.2 Å². The molecule has 0 spiro atoms. The van der Waals surface area contributed by atoms with Crippen LogP contribution in [0.1, 0.15) is 23.2 Å². The zero-order valence-corrected chi connectivity index (χ0v) is 13.4. The molecule has 6 nitrogen and oxygen atoms in total. The van der Waals surface area contributed by atoms with Gasteiger partial charge in [-0.3, -0.25) is 0 Å². The van der Waals surface area contributed by atoms with Crippen molar-refractivity contribution in [3.63, 3.8) is 0 Å². The Labute approximate surface area is 138 Å². The number of carboxylic acid groups (broad SMARTS) is 1. The normalized spacial score (nSPS) is 14.8. The Kier molecular flexibility index (Phi) is 3.21. The van der Waals surface area contributed by atoms with Crippen LogP contribution in [-0.2, 0) is 10.0 Å². The molecule has 0 bridgehead atoms. The first-order valence-corrected chi connectivity index (χ1v) is 9.02. The Morgan fingerprint density at radius 1 is 1.08 bits per heavy atom. The SMILES string of the molecule is O=C(O)c1ccc2cc(-c3cnn(S(=O)(=O)C4CC4)c3)ccc2c1. The van der Waals surface area contributed by atoms with Crippen molar-refractivity contribution in [1.29, 1.82) is 0 Å². The molecule has 1 fully saturated rings. The second kappa shape index (κ2) is 5.17. The fourth-order valence-corrected chi connectivity index (χ4v) is 4.15. The second-order valence-electron chi connectivity index (χ2n) is 5.93. The first-order valence-electron chi connectivity index (χ1n) is 7.52. The lowest BCUT2D eigenvalue weighted by molar-refractivity contribution is 0.0697. The smallest absolute Gasteiger partial charge is 0.335 e. The Morgan fingerprint density at radius 3 is 2.50 bits per heavy atom. The molecule has 1 heterocycles. The lowest BCUT2D eigenvalue weighted by Crippen LogP contribution is -2.17. The number of rotatable bonds is 4. The van der Waals surface area contributed by atoms with Crippen LogP contribution in [0, 0.1) is 0 Å². The summed E-state index contributed by atoms with van der Waals surface area (Å²) in [5.41, 5.74) is 1.78. The monoisotopic (exact) mass is 342 g/mol. The van der Waals surface area contributed by atoms with Crippen molar-refractivity contribution in [2.75, 3.05) is 0 Å². The predicted octanol–water partition coefficient (Wildman–Crippen LogP) is 2.74. The van der Waals surface area contributed by atoms with Crippen molar-refractivity contribution >= 4 is 26.8 Å². The molecule has 2 aromatic carbocycles. The minimum Gasteiger partial charge on any atom is -0.478 e. The van der Waals surface area contributed by atoms with Gasteiger partial charge in [0.2, 0.25) is 0 Å². The van der Waals surface area contributed by atoms with E-state index in [0.29, 0.717) is 18.4 Å². The van der Waals surface area contributed by atoms with Crippen molar-refractivity contribution < 1.29 is 18.3 Å². The first kappa shape index (κ1) is 14.9. The molecule has 4 rings (SSSR count). The van der Waals surface area contributed by atoms with Crippen LogP contribution >= 0.6 is 0 Å². The zero-order valence-electron chi connectivity index (χ0n) is 12.6. The lowest BCUT2D eigenvalue weighted by Gasteiger charge is -2.03. The molecule has 1 aromatic heterocycles. The Hall–Kier alpha value is -2.67. The number of carbonyl (C=O) groups is 1. The molecule has 0 atom stereocenters. The molecule has 1 aliphatic rings. The number of fused-ring (bicyclic) bond motifs is 1. The summed E-state index contributed by atoms with van der Waals surface area (Å²) in [6.45, 7) is 0. The van der Waals surface area contributed by atoms with Crippen LogP contribution in [0.2, 0.25) is 0 Å². The molecule has 0 amide bonds. The van der Waals surface area contributed by atoms with E-state index in [2.05, 4.69) is 5.10 Å². The van der Waals surface area contributed by atoms with Gasteiger partial charge in [0.1, 0.15) is 0 Å². The topological polar surface area (TPSA) is 89.3 Å². The van der Waals surface area contributed by atoms with E-state index in [9.17, 15) is 13.2 Å². The molecule has 122 valence electrons. The summed E-state index contributed by atoms with van der Waals surface area (Å²) in [4.78, 5) is 11.0. The van der Waals surface area contributed by atoms with Crippen LogP contribution in [0.4, 0.5) is 0 Å². The summed E-state index contributed by atoms with van der Waals surface area (Å²) < 4.78 is 25.4. The number of hydrogen-bond acceptors (Lipinski definition) is 4. The first-order chi connectivity index (χ1) is 11.4. The molecule has 0 aliphatic heterocycles. The Balaban J connectivity index is 1.73. The fourth-order valence-electron chi connectivity index (χ4n) is 2.67. The third-order valence-corrected chi connectivity index (χ3v) is 6.22. The van der Waals surface area contributed by atoms with Crippen molar-refractivity contribution in [1.82, 2.24) is 9.19 Å². The van der Waals surface area contributed by atoms with Crippen LogP contribution < -0.4 is 0 Å². The van der Waals surface area contributed by atoms with Crippen LogP contribution in [-0.4, -0.2) is 33.9 Å². The van der Waals surface area contributed by atoms with Crippen molar-refractivity contribution in [3.8, 4) is 11.1 Å². The highest BCUT2D eigenvalue weighted by Crippen LogP contribution is 2.31. The summed E-state index contributed by atoms with van der Waals surface area (Å²) in [5, 5.41) is 14.4. The van der Waals surface area contributed by atoms with E-state index in [0.717, 1.165) is 20.4 Å². The van der Waals surface area contributed by atoms with E-state index in [-0.39, 0.29) is 10.8 Å². The number of aromatic nitrogens is 2. The highest BCUT2D eigenvalue weighted by atomic mass is 32.2. The molecule has 0 unspecified atom stereocenters. The third kappa shape index (κ3) is 2.46. The van der Waals surface area contributed by atoms with E-state index in [1.807, 2.05) is 18.2 Å². The highest BCUT2D eigenvalue weighted by molar-refractivity contribution is 7.90. The van der Waals surface area contributed by atoms with Crippen LogP contribution in [0.5, 0.6) is 0 Å². The maximum Gasteiger partial charge on any atom is 0.335 e. The van der Waals surface area contributed by atoms with Gasteiger partial charge in [-0.2, -0.15) is 9.19 Å². The van der Waals surface area contributed by atoms with Crippen LogP contribution in [0.25, 0.3) is 21.9 Å². The van der Waals surface area contributed by atoms with E-state index in [1.54, 1.807) is 18.2 Å². The molecule has 1 N–H and O–H groups in total. The van der Waals surface area contributed by atoms with Crippen LogP contribution in [0.15, 0.2) is 48.8 Å². The van der Waals surface area contributed by atoms with Crippen molar-refractivity contribution in [2.45, 2.75) is 18.1 Å². The summed E-state index contributed by atoms with van der Waals surface area (Å²) in [5.74, 6) is -0.965. The van der Waals surface area contributed by atoms with Gasteiger partial charge >= 0.3 is 5.97 Å². The summed E-state index contributed by atoms with van der Waals surface area (Å²) in [6, 6.07) is 10.5. The largest absolute Gasteiger partial charge is 0.478 e. The van der Waals surface area contributed by atoms with Gasteiger partial charge in [0.25, 0.3) is 10.0 Å². The average molecular weight is 342 g/mol. The maximum atomic E-state index is 12.2. The van der Waals surface area contributed by atoms with Gasteiger partial charge in [0.15, 0.2) is 0 Å². The summed E-state index contributed by atoms with van der Waals surface area (Å²) in [6.07, 6.45) is 4.45. The molecule has 0 radical (unpaired) electrons. The fraction of sp³-hybridized carbons (Fsp3) is 0.176. The summed E-state index contributed by atoms with van der Waals surface area (Å²) >= 11 is 0. The van der Waals surface area contributed by atoms with Crippen LogP contribution in [0.3, 0.4) is 0 Å². The molecule has 7 heteroatoms. The lowest BCUT2D eigenvalue weighted by atomic mass is 10.0. The third-order valence-electron chi connectivity index (χ3n) is 4.19. The quantitative estimate of drug-likeness (QED) is 0.787. The molecule has 3 aromatic rings. The number of benzene rings is 2. The zero-order chi connectivity index (χ0) is 16.9. The highest BCUT2D eigenvalue weighted by Gasteiger charge is 2.37. The Bertz CT molecular complexity index is 1070. The molecule has 1 aliphatic carbocycles. The van der Waals surface area contributed by atoms with Crippen molar-refractivity contribution in [3.05, 3.63) is 54.4 Å². The molecular weight excluding hydrogens is 328 g/mol. The van der Waals surface area contributed by atoms with Gasteiger partial charge in [-0.05, 0) is 47.4 Å². The number of carboxylic acids is 1. The average Bonchev–Trinajstić information content (AvgIpc) is 3.31. The standard InChI is InChI=1S/C17H14N2O4S/c20-17(21)14-4-3-11-7-13(2-1-12(11)8-14)15-9-18-19(10-15)24(22,23)16-5-6-16/h1-4,7-10,16H,5-6H2,(H,20,21). The minimum atomic E-state index is -3.37. The minimum absolute atomic E-state index is 0.235. The van der Waals surface area contributed by atoms with Gasteiger partial charge in [0, 0.05) is 5.56 Å². The van der Waals surface area contributed by atoms with E-state index in [4.69, 9.17) is 5.11 Å². The number of nitrogens with zero attached hydrogens (tertiary/aromatic N) is 2. The maximum absolute atomic E-state index is 12.2. The van der Waals surface area contributed by atoms with E-state index >= 15 is 0 Å². The van der Waals surface area contributed by atoms with Crippen molar-refractivity contribution in [2.24, 2.45) is 0 Å².